The first-order valence-electron chi connectivity index (χ1n) is 12.7. The van der Waals surface area contributed by atoms with E-state index in [1.807, 2.05) is 21.0 Å². The molecule has 4 aliphatic rings. The molecule has 4 fully saturated rings. The third kappa shape index (κ3) is 5.50. The summed E-state index contributed by atoms with van der Waals surface area (Å²) < 4.78 is 18.3. The van der Waals surface area contributed by atoms with Gasteiger partial charge in [0.05, 0.1) is 31.1 Å². The number of nitrogens with one attached hydrogen (secondary N) is 2. The Balaban J connectivity index is 1.52. The van der Waals surface area contributed by atoms with E-state index in [4.69, 9.17) is 14.2 Å². The highest BCUT2D eigenvalue weighted by Crippen LogP contribution is 2.57. The van der Waals surface area contributed by atoms with Crippen LogP contribution < -0.4 is 15.4 Å². The van der Waals surface area contributed by atoms with Gasteiger partial charge in [-0.1, -0.05) is 13.8 Å². The number of amides is 2. The normalized spacial score (nSPS) is 29.6. The van der Waals surface area contributed by atoms with Crippen LogP contribution in [0.1, 0.15) is 70.2 Å². The maximum absolute atomic E-state index is 13.5. The van der Waals surface area contributed by atoms with Crippen LogP contribution in [0.2, 0.25) is 0 Å². The van der Waals surface area contributed by atoms with Crippen LogP contribution >= 0.6 is 0 Å². The van der Waals surface area contributed by atoms with E-state index in [-0.39, 0.29) is 23.5 Å². The standard InChI is InChI=1S/C26H40N4O5/c1-16(2)15-35-23-20(14-27-30(23)8-7-25(3,4)29-24(32)33-5)22(31)28-21-18-9-17-10-19(21)13-26(11-17,12-18)34-6/h7-8,14,16-19,21H,9-13,15H2,1-6H3,(H,28,31)(H,29,32). The quantitative estimate of drug-likeness (QED) is 0.547. The van der Waals surface area contributed by atoms with Gasteiger partial charge in [-0.3, -0.25) is 4.79 Å². The molecule has 2 amide bonds. The van der Waals surface area contributed by atoms with Gasteiger partial charge in [0, 0.05) is 19.4 Å². The number of alkyl carbamates (subject to hydrolysis) is 1. The van der Waals surface area contributed by atoms with Crippen molar-refractivity contribution >= 4 is 18.2 Å². The third-order valence-electron chi connectivity index (χ3n) is 7.74. The van der Waals surface area contributed by atoms with E-state index in [0.29, 0.717) is 35.8 Å². The van der Waals surface area contributed by atoms with E-state index in [9.17, 15) is 9.59 Å². The van der Waals surface area contributed by atoms with Crippen LogP contribution in [0.25, 0.3) is 6.20 Å². The van der Waals surface area contributed by atoms with Gasteiger partial charge in [-0.05, 0) is 75.7 Å². The Morgan fingerprint density at radius 3 is 2.51 bits per heavy atom. The largest absolute Gasteiger partial charge is 0.477 e. The lowest BCUT2D eigenvalue weighted by Gasteiger charge is -2.59. The van der Waals surface area contributed by atoms with E-state index in [0.717, 1.165) is 32.1 Å². The summed E-state index contributed by atoms with van der Waals surface area (Å²) in [6.45, 7) is 8.24. The number of nitrogens with zero attached hydrogens (tertiary/aromatic N) is 2. The predicted octanol–water partition coefficient (Wildman–Crippen LogP) is 3.85. The molecule has 4 aliphatic carbocycles. The van der Waals surface area contributed by atoms with Crippen molar-refractivity contribution in [2.24, 2.45) is 23.7 Å². The molecule has 0 aliphatic heterocycles. The highest BCUT2D eigenvalue weighted by molar-refractivity contribution is 5.96. The highest BCUT2D eigenvalue weighted by atomic mass is 16.5. The zero-order chi connectivity index (χ0) is 25.4. The van der Waals surface area contributed by atoms with Gasteiger partial charge < -0.3 is 24.8 Å². The number of carbonyl (C=O) groups excluding carboxylic acids is 2. The fourth-order valence-electron chi connectivity index (χ4n) is 6.28. The average Bonchev–Trinajstić information content (AvgIpc) is 3.21. The number of ether oxygens (including phenoxy) is 3. The molecule has 0 spiro atoms. The second-order valence-corrected chi connectivity index (χ2v) is 11.5. The lowest BCUT2D eigenvalue weighted by Crippen LogP contribution is -2.62. The molecule has 0 saturated heterocycles. The summed E-state index contributed by atoms with van der Waals surface area (Å²) in [6.07, 6.45) is 10.0. The summed E-state index contributed by atoms with van der Waals surface area (Å²) in [4.78, 5) is 25.1. The van der Waals surface area contributed by atoms with E-state index >= 15 is 0 Å². The first-order chi connectivity index (χ1) is 16.5. The second kappa shape index (κ2) is 9.84. The minimum absolute atomic E-state index is 0.00395. The average molecular weight is 489 g/mol. The number of hydrogen-bond donors (Lipinski definition) is 2. The number of hydrogen-bond acceptors (Lipinski definition) is 6. The monoisotopic (exact) mass is 488 g/mol. The Hall–Kier alpha value is -2.55. The molecule has 1 heterocycles. The van der Waals surface area contributed by atoms with Crippen molar-refractivity contribution in [1.29, 1.82) is 0 Å². The van der Waals surface area contributed by atoms with Gasteiger partial charge in [-0.15, -0.1) is 0 Å². The van der Waals surface area contributed by atoms with Crippen molar-refractivity contribution in [2.75, 3.05) is 20.8 Å². The Labute approximate surface area is 207 Å². The van der Waals surface area contributed by atoms with Crippen LogP contribution in [-0.4, -0.2) is 59.8 Å². The molecular weight excluding hydrogens is 448 g/mol. The number of methoxy groups -OCH3 is 2. The molecule has 9 nitrogen and oxygen atoms in total. The predicted molar refractivity (Wildman–Crippen MR) is 132 cm³/mol. The van der Waals surface area contributed by atoms with Crippen molar-refractivity contribution in [3.8, 4) is 5.88 Å². The zero-order valence-electron chi connectivity index (χ0n) is 21.8. The summed E-state index contributed by atoms with van der Waals surface area (Å²) in [5, 5.41) is 10.5. The van der Waals surface area contributed by atoms with Gasteiger partial charge in [-0.2, -0.15) is 5.10 Å². The van der Waals surface area contributed by atoms with E-state index in [1.54, 1.807) is 23.2 Å². The van der Waals surface area contributed by atoms with Crippen molar-refractivity contribution in [2.45, 2.75) is 77.0 Å². The molecule has 0 aromatic carbocycles. The topological polar surface area (TPSA) is 104 Å². The zero-order valence-corrected chi connectivity index (χ0v) is 21.8. The molecule has 4 saturated carbocycles. The van der Waals surface area contributed by atoms with Crippen LogP contribution in [0.15, 0.2) is 12.3 Å². The lowest BCUT2D eigenvalue weighted by molar-refractivity contribution is -0.156. The van der Waals surface area contributed by atoms with Gasteiger partial charge >= 0.3 is 6.09 Å². The minimum atomic E-state index is -0.686. The molecule has 2 unspecified atom stereocenters. The lowest BCUT2D eigenvalue weighted by atomic mass is 9.52. The van der Waals surface area contributed by atoms with Gasteiger partial charge in [0.1, 0.15) is 5.56 Å². The maximum atomic E-state index is 13.5. The minimum Gasteiger partial charge on any atom is -0.477 e. The molecule has 1 aromatic heterocycles. The van der Waals surface area contributed by atoms with E-state index < -0.39 is 11.6 Å². The fraction of sp³-hybridized carbons (Fsp3) is 0.731. The van der Waals surface area contributed by atoms with E-state index in [1.165, 1.54) is 7.11 Å². The highest BCUT2D eigenvalue weighted by Gasteiger charge is 2.56. The molecule has 35 heavy (non-hydrogen) atoms. The summed E-state index contributed by atoms with van der Waals surface area (Å²) >= 11 is 0. The van der Waals surface area contributed by atoms with Crippen molar-refractivity contribution in [3.05, 3.63) is 17.8 Å². The van der Waals surface area contributed by atoms with E-state index in [2.05, 4.69) is 29.6 Å². The summed E-state index contributed by atoms with van der Waals surface area (Å²) in [5.74, 6) is 2.14. The number of aromatic nitrogens is 2. The van der Waals surface area contributed by atoms with Gasteiger partial charge in [0.2, 0.25) is 5.88 Å². The first kappa shape index (κ1) is 25.5. The molecule has 4 bridgehead atoms. The number of carbonyl (C=O) groups is 2. The molecule has 2 N–H and O–H groups in total. The summed E-state index contributed by atoms with van der Waals surface area (Å²) in [6, 6.07) is 0.155. The Bertz CT molecular complexity index is 953. The first-order valence-corrected chi connectivity index (χ1v) is 12.7. The van der Waals surface area contributed by atoms with Crippen LogP contribution in [-0.2, 0) is 9.47 Å². The number of rotatable bonds is 9. The molecular formula is C26H40N4O5. The maximum Gasteiger partial charge on any atom is 0.407 e. The van der Waals surface area contributed by atoms with Gasteiger partial charge in [-0.25, -0.2) is 9.48 Å². The van der Waals surface area contributed by atoms with Gasteiger partial charge in [0.15, 0.2) is 0 Å². The Kier molecular flexibility index (Phi) is 7.18. The van der Waals surface area contributed by atoms with Crippen LogP contribution in [0, 0.1) is 23.7 Å². The van der Waals surface area contributed by atoms with Crippen molar-refractivity contribution < 1.29 is 23.8 Å². The smallest absolute Gasteiger partial charge is 0.407 e. The second-order valence-electron chi connectivity index (χ2n) is 11.5. The molecule has 9 heteroatoms. The third-order valence-corrected chi connectivity index (χ3v) is 7.74. The SMILES string of the molecule is COC(=O)NC(C)(C)C=Cn1ncc(C(=O)NC2C3CC4CC2CC(OC)(C4)C3)c1OCC(C)C. The van der Waals surface area contributed by atoms with Gasteiger partial charge in [0.25, 0.3) is 5.91 Å². The molecule has 194 valence electrons. The van der Waals surface area contributed by atoms with Crippen LogP contribution in [0.3, 0.4) is 0 Å². The summed E-state index contributed by atoms with van der Waals surface area (Å²) in [7, 11) is 3.16. The van der Waals surface area contributed by atoms with Crippen molar-refractivity contribution in [1.82, 2.24) is 20.4 Å². The molecule has 1 aromatic rings. The molecule has 5 rings (SSSR count). The molecule has 2 atom stereocenters. The van der Waals surface area contributed by atoms with Crippen molar-refractivity contribution in [3.63, 3.8) is 0 Å². The fourth-order valence-corrected chi connectivity index (χ4v) is 6.28. The Morgan fingerprint density at radius 2 is 1.91 bits per heavy atom. The summed E-state index contributed by atoms with van der Waals surface area (Å²) in [5.41, 5.74) is -0.261. The van der Waals surface area contributed by atoms with Crippen LogP contribution in [0.5, 0.6) is 5.88 Å². The Morgan fingerprint density at radius 1 is 1.23 bits per heavy atom. The molecule has 0 radical (unpaired) electrons. The van der Waals surface area contributed by atoms with Crippen LogP contribution in [0.4, 0.5) is 4.79 Å².